The molecule has 1 saturated heterocycles. The van der Waals surface area contributed by atoms with Crippen molar-refractivity contribution in [1.82, 2.24) is 5.32 Å². The molecule has 1 heterocycles. The molecule has 0 aromatic carbocycles. The third kappa shape index (κ3) is 4.02. The van der Waals surface area contributed by atoms with Crippen molar-refractivity contribution in [2.75, 3.05) is 12.3 Å². The van der Waals surface area contributed by atoms with E-state index < -0.39 is 0 Å². The molecular weight excluding hydrogens is 154 g/mol. The van der Waals surface area contributed by atoms with Crippen LogP contribution in [0.2, 0.25) is 0 Å². The van der Waals surface area contributed by atoms with E-state index in [1.165, 1.54) is 31.6 Å². The lowest BCUT2D eigenvalue weighted by molar-refractivity contribution is 0.429. The average Bonchev–Trinajstić information content (AvgIpc) is 2.03. The number of rotatable bonds is 3. The molecule has 0 aliphatic carbocycles. The fourth-order valence-corrected chi connectivity index (χ4v) is 2.28. The summed E-state index contributed by atoms with van der Waals surface area (Å²) in [5.41, 5.74) is 0. The van der Waals surface area contributed by atoms with Crippen LogP contribution in [-0.2, 0) is 0 Å². The second kappa shape index (κ2) is 5.04. The van der Waals surface area contributed by atoms with Gasteiger partial charge in [-0.2, -0.15) is 11.8 Å². The third-order valence-electron chi connectivity index (χ3n) is 2.04. The number of nitrogens with one attached hydrogen (secondary N) is 1. The van der Waals surface area contributed by atoms with Crippen LogP contribution in [0, 0.1) is 0 Å². The topological polar surface area (TPSA) is 12.0 Å². The summed E-state index contributed by atoms with van der Waals surface area (Å²) in [7, 11) is 0. The molecule has 1 rings (SSSR count). The van der Waals surface area contributed by atoms with Crippen molar-refractivity contribution < 1.29 is 0 Å². The highest BCUT2D eigenvalue weighted by molar-refractivity contribution is 7.99. The van der Waals surface area contributed by atoms with Crippen molar-refractivity contribution in [2.24, 2.45) is 0 Å². The van der Waals surface area contributed by atoms with E-state index in [0.717, 1.165) is 11.3 Å². The zero-order valence-electron chi connectivity index (χ0n) is 7.60. The molecular formula is C9H19NS. The molecule has 0 spiro atoms. The molecule has 11 heavy (non-hydrogen) atoms. The Morgan fingerprint density at radius 3 is 2.82 bits per heavy atom. The fourth-order valence-electron chi connectivity index (χ4n) is 1.37. The Morgan fingerprint density at radius 2 is 2.27 bits per heavy atom. The van der Waals surface area contributed by atoms with Crippen molar-refractivity contribution >= 4 is 11.8 Å². The molecule has 1 nitrogen and oxygen atoms in total. The summed E-state index contributed by atoms with van der Waals surface area (Å²) in [6.45, 7) is 5.78. The summed E-state index contributed by atoms with van der Waals surface area (Å²) < 4.78 is 0. The van der Waals surface area contributed by atoms with Gasteiger partial charge in [-0.05, 0) is 24.6 Å². The van der Waals surface area contributed by atoms with E-state index in [9.17, 15) is 0 Å². The van der Waals surface area contributed by atoms with Gasteiger partial charge < -0.3 is 5.32 Å². The van der Waals surface area contributed by atoms with Crippen molar-refractivity contribution in [3.05, 3.63) is 0 Å². The van der Waals surface area contributed by atoms with Crippen LogP contribution in [0.1, 0.15) is 33.1 Å². The van der Waals surface area contributed by atoms with Gasteiger partial charge in [0.05, 0.1) is 0 Å². The predicted octanol–water partition coefficient (Wildman–Crippen LogP) is 2.27. The minimum atomic E-state index is 0.790. The zero-order valence-corrected chi connectivity index (χ0v) is 8.41. The van der Waals surface area contributed by atoms with Crippen molar-refractivity contribution in [1.29, 1.82) is 0 Å². The van der Waals surface area contributed by atoms with Crippen LogP contribution in [0.15, 0.2) is 0 Å². The SMILES string of the molecule is CC(C)SCC1CCCCN1. The normalized spacial score (nSPS) is 25.9. The highest BCUT2D eigenvalue weighted by Gasteiger charge is 2.12. The van der Waals surface area contributed by atoms with Crippen LogP contribution in [0.5, 0.6) is 0 Å². The van der Waals surface area contributed by atoms with Gasteiger partial charge in [0.1, 0.15) is 0 Å². The maximum Gasteiger partial charge on any atom is 0.0158 e. The van der Waals surface area contributed by atoms with E-state index >= 15 is 0 Å². The fraction of sp³-hybridized carbons (Fsp3) is 1.00. The van der Waals surface area contributed by atoms with Gasteiger partial charge in [0.15, 0.2) is 0 Å². The van der Waals surface area contributed by atoms with E-state index in [4.69, 9.17) is 0 Å². The molecule has 0 amide bonds. The zero-order chi connectivity index (χ0) is 8.10. The Labute approximate surface area is 74.3 Å². The van der Waals surface area contributed by atoms with Gasteiger partial charge in [0.2, 0.25) is 0 Å². The molecule has 1 aliphatic rings. The van der Waals surface area contributed by atoms with Crippen LogP contribution >= 0.6 is 11.8 Å². The smallest absolute Gasteiger partial charge is 0.0158 e. The van der Waals surface area contributed by atoms with E-state index in [1.807, 2.05) is 0 Å². The lowest BCUT2D eigenvalue weighted by Gasteiger charge is -2.23. The second-order valence-electron chi connectivity index (χ2n) is 3.53. The minimum absolute atomic E-state index is 0.790. The van der Waals surface area contributed by atoms with Crippen LogP contribution < -0.4 is 5.32 Å². The van der Waals surface area contributed by atoms with Gasteiger partial charge in [-0.25, -0.2) is 0 Å². The average molecular weight is 173 g/mol. The molecule has 1 unspecified atom stereocenters. The summed E-state index contributed by atoms with van der Waals surface area (Å²) in [4.78, 5) is 0. The second-order valence-corrected chi connectivity index (χ2v) is 5.14. The van der Waals surface area contributed by atoms with Gasteiger partial charge in [-0.3, -0.25) is 0 Å². The lowest BCUT2D eigenvalue weighted by Crippen LogP contribution is -2.36. The quantitative estimate of drug-likeness (QED) is 0.702. The molecule has 1 fully saturated rings. The van der Waals surface area contributed by atoms with E-state index in [2.05, 4.69) is 30.9 Å². The Kier molecular flexibility index (Phi) is 4.31. The number of piperidine rings is 1. The largest absolute Gasteiger partial charge is 0.313 e. The third-order valence-corrected chi connectivity index (χ3v) is 3.30. The molecule has 0 aromatic rings. The molecule has 2 heteroatoms. The molecule has 1 aliphatic heterocycles. The standard InChI is InChI=1S/C9H19NS/c1-8(2)11-7-9-5-3-4-6-10-9/h8-10H,3-7H2,1-2H3. The minimum Gasteiger partial charge on any atom is -0.313 e. The molecule has 0 bridgehead atoms. The molecule has 66 valence electrons. The first kappa shape index (κ1) is 9.40. The Hall–Kier alpha value is 0.310. The van der Waals surface area contributed by atoms with Crippen molar-refractivity contribution in [3.63, 3.8) is 0 Å². The first-order valence-electron chi connectivity index (χ1n) is 4.64. The van der Waals surface area contributed by atoms with E-state index in [0.29, 0.717) is 0 Å². The van der Waals surface area contributed by atoms with Gasteiger partial charge in [0, 0.05) is 11.8 Å². The van der Waals surface area contributed by atoms with Gasteiger partial charge >= 0.3 is 0 Å². The van der Waals surface area contributed by atoms with Crippen LogP contribution in [0.3, 0.4) is 0 Å². The predicted molar refractivity (Wildman–Crippen MR) is 53.2 cm³/mol. The first-order valence-corrected chi connectivity index (χ1v) is 5.69. The van der Waals surface area contributed by atoms with Gasteiger partial charge in [-0.1, -0.05) is 20.3 Å². The number of hydrogen-bond acceptors (Lipinski definition) is 2. The summed E-state index contributed by atoms with van der Waals surface area (Å²) in [5, 5.41) is 4.34. The maximum atomic E-state index is 3.55. The highest BCUT2D eigenvalue weighted by Crippen LogP contribution is 2.15. The van der Waals surface area contributed by atoms with Gasteiger partial charge in [-0.15, -0.1) is 0 Å². The lowest BCUT2D eigenvalue weighted by atomic mass is 10.1. The summed E-state index contributed by atoms with van der Waals surface area (Å²) in [6.07, 6.45) is 4.19. The van der Waals surface area contributed by atoms with Crippen LogP contribution in [0.25, 0.3) is 0 Å². The molecule has 0 saturated carbocycles. The number of thioether (sulfide) groups is 1. The summed E-state index contributed by atoms with van der Waals surface area (Å²) in [6, 6.07) is 0.802. The number of hydrogen-bond donors (Lipinski definition) is 1. The highest BCUT2D eigenvalue weighted by atomic mass is 32.2. The monoisotopic (exact) mass is 173 g/mol. The van der Waals surface area contributed by atoms with Crippen LogP contribution in [0.4, 0.5) is 0 Å². The Morgan fingerprint density at radius 1 is 1.45 bits per heavy atom. The first-order chi connectivity index (χ1) is 5.29. The molecule has 0 radical (unpaired) electrons. The van der Waals surface area contributed by atoms with E-state index in [-0.39, 0.29) is 0 Å². The molecule has 1 atom stereocenters. The van der Waals surface area contributed by atoms with Crippen LogP contribution in [-0.4, -0.2) is 23.6 Å². The van der Waals surface area contributed by atoms with Gasteiger partial charge in [0.25, 0.3) is 0 Å². The van der Waals surface area contributed by atoms with Crippen molar-refractivity contribution in [3.8, 4) is 0 Å². The Balaban J connectivity index is 2.05. The summed E-state index contributed by atoms with van der Waals surface area (Å²) in [5.74, 6) is 1.30. The maximum absolute atomic E-state index is 3.55. The Bertz CT molecular complexity index is 97.7. The molecule has 0 aromatic heterocycles. The van der Waals surface area contributed by atoms with E-state index in [1.54, 1.807) is 0 Å². The van der Waals surface area contributed by atoms with Crippen molar-refractivity contribution in [2.45, 2.75) is 44.4 Å². The molecule has 1 N–H and O–H groups in total. The summed E-state index contributed by atoms with van der Waals surface area (Å²) >= 11 is 2.08.